The summed E-state index contributed by atoms with van der Waals surface area (Å²) in [6.45, 7) is 6.80. The van der Waals surface area contributed by atoms with Crippen molar-refractivity contribution in [2.45, 2.75) is 45.1 Å². The maximum Gasteiger partial charge on any atom is 0.0483 e. The van der Waals surface area contributed by atoms with Crippen molar-refractivity contribution < 1.29 is 0 Å². The van der Waals surface area contributed by atoms with Crippen LogP contribution >= 0.6 is 0 Å². The molecule has 1 heterocycles. The summed E-state index contributed by atoms with van der Waals surface area (Å²) in [7, 11) is 2.16. The summed E-state index contributed by atoms with van der Waals surface area (Å²) in [6, 6.07) is 7.20. The standard InChI is InChI=1S/C16H22N2/c1-16(2,3)10-5-6-14-12(7-10)13-8-11(17)9-15(13)18(14)4/h5-7,11H,8-9,17H2,1-4H3. The van der Waals surface area contributed by atoms with E-state index in [9.17, 15) is 0 Å². The van der Waals surface area contributed by atoms with E-state index in [0.29, 0.717) is 6.04 Å². The lowest BCUT2D eigenvalue weighted by Gasteiger charge is -2.19. The van der Waals surface area contributed by atoms with Gasteiger partial charge in [-0.3, -0.25) is 0 Å². The van der Waals surface area contributed by atoms with E-state index >= 15 is 0 Å². The minimum Gasteiger partial charge on any atom is -0.347 e. The van der Waals surface area contributed by atoms with Gasteiger partial charge in [0, 0.05) is 36.1 Å². The van der Waals surface area contributed by atoms with Crippen LogP contribution in [-0.4, -0.2) is 10.6 Å². The Morgan fingerprint density at radius 2 is 1.94 bits per heavy atom. The van der Waals surface area contributed by atoms with Crippen molar-refractivity contribution in [3.05, 3.63) is 35.0 Å². The number of aromatic nitrogens is 1. The van der Waals surface area contributed by atoms with E-state index in [1.54, 1.807) is 0 Å². The average Bonchev–Trinajstić information content (AvgIpc) is 2.77. The van der Waals surface area contributed by atoms with Crippen LogP contribution in [0.1, 0.15) is 37.6 Å². The minimum atomic E-state index is 0.206. The van der Waals surface area contributed by atoms with E-state index < -0.39 is 0 Å². The number of benzene rings is 1. The van der Waals surface area contributed by atoms with Gasteiger partial charge < -0.3 is 10.3 Å². The van der Waals surface area contributed by atoms with Gasteiger partial charge in [0.15, 0.2) is 0 Å². The van der Waals surface area contributed by atoms with Crippen LogP contribution in [0.3, 0.4) is 0 Å². The Balaban J connectivity index is 2.26. The molecule has 2 N–H and O–H groups in total. The van der Waals surface area contributed by atoms with Gasteiger partial charge in [0.25, 0.3) is 0 Å². The highest BCUT2D eigenvalue weighted by Crippen LogP contribution is 2.34. The van der Waals surface area contributed by atoms with E-state index in [4.69, 9.17) is 5.73 Å². The molecule has 3 rings (SSSR count). The molecule has 1 unspecified atom stereocenters. The molecule has 0 saturated heterocycles. The lowest BCUT2D eigenvalue weighted by molar-refractivity contribution is 0.591. The zero-order chi connectivity index (χ0) is 13.1. The highest BCUT2D eigenvalue weighted by Gasteiger charge is 2.26. The Hall–Kier alpha value is -1.28. The molecule has 0 radical (unpaired) electrons. The largest absolute Gasteiger partial charge is 0.347 e. The third-order valence-electron chi connectivity index (χ3n) is 4.22. The van der Waals surface area contributed by atoms with Crippen molar-refractivity contribution in [1.29, 1.82) is 0 Å². The molecule has 1 aliphatic rings. The van der Waals surface area contributed by atoms with Crippen molar-refractivity contribution in [3.63, 3.8) is 0 Å². The smallest absolute Gasteiger partial charge is 0.0483 e. The Morgan fingerprint density at radius 1 is 1.22 bits per heavy atom. The molecule has 2 heteroatoms. The first kappa shape index (κ1) is 11.8. The highest BCUT2D eigenvalue weighted by atomic mass is 15.0. The zero-order valence-corrected chi connectivity index (χ0v) is 11.7. The highest BCUT2D eigenvalue weighted by molar-refractivity contribution is 5.87. The lowest BCUT2D eigenvalue weighted by Crippen LogP contribution is -2.20. The van der Waals surface area contributed by atoms with Crippen LogP contribution in [0.5, 0.6) is 0 Å². The molecule has 0 spiro atoms. The van der Waals surface area contributed by atoms with E-state index in [1.165, 1.54) is 27.7 Å². The maximum atomic E-state index is 6.10. The van der Waals surface area contributed by atoms with Crippen molar-refractivity contribution in [2.75, 3.05) is 0 Å². The average molecular weight is 242 g/mol. The first-order valence-corrected chi connectivity index (χ1v) is 6.74. The third-order valence-corrected chi connectivity index (χ3v) is 4.22. The van der Waals surface area contributed by atoms with Crippen LogP contribution in [0.15, 0.2) is 18.2 Å². The fourth-order valence-corrected chi connectivity index (χ4v) is 3.11. The lowest BCUT2D eigenvalue weighted by atomic mass is 9.86. The number of aryl methyl sites for hydroxylation is 1. The van der Waals surface area contributed by atoms with Crippen molar-refractivity contribution >= 4 is 10.9 Å². The summed E-state index contributed by atoms with van der Waals surface area (Å²) in [5.74, 6) is 0. The number of rotatable bonds is 0. The number of fused-ring (bicyclic) bond motifs is 3. The van der Waals surface area contributed by atoms with Gasteiger partial charge in [-0.05, 0) is 35.1 Å². The summed E-state index contributed by atoms with van der Waals surface area (Å²) in [5, 5.41) is 1.41. The van der Waals surface area contributed by atoms with E-state index in [-0.39, 0.29) is 5.41 Å². The molecule has 0 amide bonds. The second kappa shape index (κ2) is 3.61. The summed E-state index contributed by atoms with van der Waals surface area (Å²) < 4.78 is 2.32. The molecule has 18 heavy (non-hydrogen) atoms. The first-order valence-electron chi connectivity index (χ1n) is 6.74. The topological polar surface area (TPSA) is 30.9 Å². The molecule has 1 atom stereocenters. The SMILES string of the molecule is Cn1c2c(c3cc(C(C)(C)C)ccc31)CC(N)C2. The Labute approximate surface area is 109 Å². The van der Waals surface area contributed by atoms with Gasteiger partial charge in [-0.1, -0.05) is 26.8 Å². The monoisotopic (exact) mass is 242 g/mol. The van der Waals surface area contributed by atoms with E-state index in [1.807, 2.05) is 0 Å². The van der Waals surface area contributed by atoms with Gasteiger partial charge >= 0.3 is 0 Å². The van der Waals surface area contributed by atoms with Crippen LogP contribution in [0.2, 0.25) is 0 Å². The van der Waals surface area contributed by atoms with E-state index in [0.717, 1.165) is 12.8 Å². The predicted octanol–water partition coefficient (Wildman–Crippen LogP) is 2.90. The van der Waals surface area contributed by atoms with Crippen LogP contribution in [0, 0.1) is 0 Å². The second-order valence-corrected chi connectivity index (χ2v) is 6.63. The molecular formula is C16H22N2. The third kappa shape index (κ3) is 1.59. The molecule has 0 fully saturated rings. The molecule has 0 aliphatic heterocycles. The summed E-state index contributed by atoms with van der Waals surface area (Å²) in [4.78, 5) is 0. The number of nitrogens with zero attached hydrogens (tertiary/aromatic N) is 1. The number of hydrogen-bond acceptors (Lipinski definition) is 1. The first-order chi connectivity index (χ1) is 8.38. The molecule has 96 valence electrons. The quantitative estimate of drug-likeness (QED) is 0.756. The van der Waals surface area contributed by atoms with Gasteiger partial charge in [0.05, 0.1) is 0 Å². The van der Waals surface area contributed by atoms with Crippen molar-refractivity contribution in [1.82, 2.24) is 4.57 Å². The van der Waals surface area contributed by atoms with Crippen molar-refractivity contribution in [2.24, 2.45) is 12.8 Å². The van der Waals surface area contributed by atoms with Gasteiger partial charge in [-0.25, -0.2) is 0 Å². The predicted molar refractivity (Wildman–Crippen MR) is 77.0 cm³/mol. The Kier molecular flexibility index (Phi) is 2.36. The maximum absolute atomic E-state index is 6.10. The van der Waals surface area contributed by atoms with Crippen LogP contribution in [-0.2, 0) is 25.3 Å². The zero-order valence-electron chi connectivity index (χ0n) is 11.7. The normalized spacial score (nSPS) is 19.5. The molecular weight excluding hydrogens is 220 g/mol. The molecule has 1 aromatic heterocycles. The number of hydrogen-bond donors (Lipinski definition) is 1. The van der Waals surface area contributed by atoms with Gasteiger partial charge in [0.1, 0.15) is 0 Å². The fourth-order valence-electron chi connectivity index (χ4n) is 3.11. The fraction of sp³-hybridized carbons (Fsp3) is 0.500. The Morgan fingerprint density at radius 3 is 2.61 bits per heavy atom. The molecule has 2 nitrogen and oxygen atoms in total. The molecule has 0 saturated carbocycles. The summed E-state index contributed by atoms with van der Waals surface area (Å²) in [5.41, 5.74) is 12.0. The van der Waals surface area contributed by atoms with Gasteiger partial charge in [-0.15, -0.1) is 0 Å². The van der Waals surface area contributed by atoms with E-state index in [2.05, 4.69) is 50.6 Å². The molecule has 1 aliphatic carbocycles. The summed E-state index contributed by atoms with van der Waals surface area (Å²) in [6.07, 6.45) is 2.05. The number of nitrogens with two attached hydrogens (primary N) is 1. The van der Waals surface area contributed by atoms with Crippen molar-refractivity contribution in [3.8, 4) is 0 Å². The molecule has 1 aromatic carbocycles. The van der Waals surface area contributed by atoms with Crippen LogP contribution in [0.25, 0.3) is 10.9 Å². The summed E-state index contributed by atoms with van der Waals surface area (Å²) >= 11 is 0. The van der Waals surface area contributed by atoms with Gasteiger partial charge in [-0.2, -0.15) is 0 Å². The Bertz CT molecular complexity index is 614. The van der Waals surface area contributed by atoms with Gasteiger partial charge in [0.2, 0.25) is 0 Å². The van der Waals surface area contributed by atoms with Crippen LogP contribution < -0.4 is 5.73 Å². The molecule has 2 aromatic rings. The molecule has 0 bridgehead atoms. The minimum absolute atomic E-state index is 0.206. The second-order valence-electron chi connectivity index (χ2n) is 6.63. The van der Waals surface area contributed by atoms with Crippen LogP contribution in [0.4, 0.5) is 0 Å².